The number of pyridine rings is 1. The van der Waals surface area contributed by atoms with Crippen molar-refractivity contribution in [3.05, 3.63) is 35.2 Å². The van der Waals surface area contributed by atoms with Crippen LogP contribution in [0.3, 0.4) is 0 Å². The van der Waals surface area contributed by atoms with Gasteiger partial charge in [0.1, 0.15) is 12.3 Å². The van der Waals surface area contributed by atoms with Crippen LogP contribution >= 0.6 is 0 Å². The highest BCUT2D eigenvalue weighted by atomic mass is 19.3. The number of nitrogens with zero attached hydrogens (tertiary/aromatic N) is 2. The Bertz CT molecular complexity index is 675. The van der Waals surface area contributed by atoms with Gasteiger partial charge in [-0.15, -0.1) is 0 Å². The third-order valence-corrected chi connectivity index (χ3v) is 4.01. The van der Waals surface area contributed by atoms with E-state index < -0.39 is 24.5 Å². The van der Waals surface area contributed by atoms with E-state index in [4.69, 9.17) is 5.11 Å². The fourth-order valence-electron chi connectivity index (χ4n) is 2.78. The van der Waals surface area contributed by atoms with Gasteiger partial charge in [0.2, 0.25) is 0 Å². The SMILES string of the molecule is CC(C)C1=C(c2ccc(C(F)(F)CO)nc2)NC2NCNN2C1=O. The van der Waals surface area contributed by atoms with E-state index in [9.17, 15) is 13.6 Å². The van der Waals surface area contributed by atoms with E-state index in [2.05, 4.69) is 21.0 Å². The van der Waals surface area contributed by atoms with Crippen LogP contribution in [0, 0.1) is 5.92 Å². The summed E-state index contributed by atoms with van der Waals surface area (Å²) in [5.74, 6) is -3.63. The molecule has 2 aliphatic heterocycles. The van der Waals surface area contributed by atoms with Gasteiger partial charge in [0.15, 0.2) is 6.29 Å². The number of fused-ring (bicyclic) bond motifs is 1. The number of aromatic nitrogens is 1. The Labute approximate surface area is 137 Å². The molecule has 1 unspecified atom stereocenters. The number of hydrogen-bond donors (Lipinski definition) is 4. The summed E-state index contributed by atoms with van der Waals surface area (Å²) in [6, 6.07) is 2.64. The fourth-order valence-corrected chi connectivity index (χ4v) is 2.78. The number of hydrogen-bond acceptors (Lipinski definition) is 6. The fraction of sp³-hybridized carbons (Fsp3) is 0.467. The zero-order valence-electron chi connectivity index (χ0n) is 13.3. The lowest BCUT2D eigenvalue weighted by atomic mass is 9.95. The molecule has 3 heterocycles. The largest absolute Gasteiger partial charge is 0.390 e. The molecule has 2 aliphatic rings. The molecule has 1 fully saturated rings. The van der Waals surface area contributed by atoms with E-state index in [1.54, 1.807) is 0 Å². The van der Waals surface area contributed by atoms with E-state index in [-0.39, 0.29) is 11.8 Å². The van der Waals surface area contributed by atoms with E-state index in [1.165, 1.54) is 17.3 Å². The molecule has 0 aromatic carbocycles. The molecule has 1 amide bonds. The molecule has 24 heavy (non-hydrogen) atoms. The number of halogens is 2. The first-order valence-corrected chi connectivity index (χ1v) is 7.62. The number of nitrogens with one attached hydrogen (secondary N) is 3. The number of hydrazine groups is 1. The van der Waals surface area contributed by atoms with Crippen molar-refractivity contribution in [3.63, 3.8) is 0 Å². The maximum absolute atomic E-state index is 13.5. The summed E-state index contributed by atoms with van der Waals surface area (Å²) < 4.78 is 27.0. The molecule has 0 saturated carbocycles. The Morgan fingerprint density at radius 3 is 2.79 bits per heavy atom. The van der Waals surface area contributed by atoms with Crippen molar-refractivity contribution in [3.8, 4) is 0 Å². The molecule has 7 nitrogen and oxygen atoms in total. The van der Waals surface area contributed by atoms with Crippen LogP contribution in [0.1, 0.15) is 25.1 Å². The second-order valence-corrected chi connectivity index (χ2v) is 6.00. The van der Waals surface area contributed by atoms with E-state index in [1.807, 2.05) is 13.8 Å². The average Bonchev–Trinajstić information content (AvgIpc) is 3.03. The minimum atomic E-state index is -3.39. The number of carbonyl (C=O) groups is 1. The molecule has 1 aromatic rings. The Kier molecular flexibility index (Phi) is 4.24. The van der Waals surface area contributed by atoms with E-state index >= 15 is 0 Å². The van der Waals surface area contributed by atoms with Crippen LogP contribution in [-0.2, 0) is 10.7 Å². The lowest BCUT2D eigenvalue weighted by Gasteiger charge is -2.34. The third kappa shape index (κ3) is 2.74. The topological polar surface area (TPSA) is 89.5 Å². The molecular formula is C15H19F2N5O2. The zero-order chi connectivity index (χ0) is 17.5. The van der Waals surface area contributed by atoms with Crippen LogP contribution < -0.4 is 16.1 Å². The third-order valence-electron chi connectivity index (χ3n) is 4.01. The number of alkyl halides is 2. The Hall–Kier alpha value is -2.10. The molecule has 3 rings (SSSR count). The van der Waals surface area contributed by atoms with Gasteiger partial charge in [0.05, 0.1) is 12.4 Å². The Balaban J connectivity index is 2.00. The molecule has 1 saturated heterocycles. The van der Waals surface area contributed by atoms with Crippen molar-refractivity contribution in [2.75, 3.05) is 13.3 Å². The quantitative estimate of drug-likeness (QED) is 0.632. The van der Waals surface area contributed by atoms with Gasteiger partial charge in [-0.2, -0.15) is 8.78 Å². The van der Waals surface area contributed by atoms with Crippen LogP contribution in [-0.4, -0.2) is 40.6 Å². The lowest BCUT2D eigenvalue weighted by molar-refractivity contribution is -0.132. The van der Waals surface area contributed by atoms with Gasteiger partial charge in [-0.1, -0.05) is 13.8 Å². The summed E-state index contributed by atoms with van der Waals surface area (Å²) in [6.45, 7) is 2.92. The first-order chi connectivity index (χ1) is 11.3. The molecule has 0 bridgehead atoms. The lowest BCUT2D eigenvalue weighted by Crippen LogP contribution is -2.56. The highest BCUT2D eigenvalue weighted by molar-refractivity contribution is 6.02. The number of aliphatic hydroxyl groups excluding tert-OH is 1. The molecule has 1 atom stereocenters. The second kappa shape index (κ2) is 6.08. The zero-order valence-corrected chi connectivity index (χ0v) is 13.3. The Morgan fingerprint density at radius 1 is 1.46 bits per heavy atom. The number of amides is 1. The van der Waals surface area contributed by atoms with Gasteiger partial charge in [-0.05, 0) is 18.1 Å². The van der Waals surface area contributed by atoms with Crippen LogP contribution in [0.2, 0.25) is 0 Å². The average molecular weight is 339 g/mol. The number of carbonyl (C=O) groups excluding carboxylic acids is 1. The summed E-state index contributed by atoms with van der Waals surface area (Å²) in [5.41, 5.74) is 4.08. The van der Waals surface area contributed by atoms with Crippen LogP contribution in [0.5, 0.6) is 0 Å². The first kappa shape index (κ1) is 16.7. The molecule has 9 heteroatoms. The molecule has 0 radical (unpaired) electrons. The van der Waals surface area contributed by atoms with Crippen molar-refractivity contribution in [1.82, 2.24) is 26.1 Å². The summed E-state index contributed by atoms with van der Waals surface area (Å²) in [6.07, 6.45) is 0.878. The molecule has 130 valence electrons. The van der Waals surface area contributed by atoms with Crippen LogP contribution in [0.25, 0.3) is 5.70 Å². The molecule has 1 aromatic heterocycles. The molecule has 4 N–H and O–H groups in total. The second-order valence-electron chi connectivity index (χ2n) is 6.00. The maximum atomic E-state index is 13.5. The minimum Gasteiger partial charge on any atom is -0.390 e. The van der Waals surface area contributed by atoms with E-state index in [0.717, 1.165) is 6.07 Å². The normalized spacial score (nSPS) is 21.3. The smallest absolute Gasteiger partial charge is 0.312 e. The van der Waals surface area contributed by atoms with Crippen molar-refractivity contribution in [2.24, 2.45) is 5.92 Å². The van der Waals surface area contributed by atoms with Crippen molar-refractivity contribution in [2.45, 2.75) is 26.1 Å². The predicted molar refractivity (Wildman–Crippen MR) is 81.9 cm³/mol. The summed E-state index contributed by atoms with van der Waals surface area (Å²) in [4.78, 5) is 16.4. The number of rotatable bonds is 4. The van der Waals surface area contributed by atoms with Gasteiger partial charge in [0, 0.05) is 17.3 Å². The van der Waals surface area contributed by atoms with Gasteiger partial charge in [-0.3, -0.25) is 15.1 Å². The highest BCUT2D eigenvalue weighted by Crippen LogP contribution is 2.30. The minimum absolute atomic E-state index is 0.0677. The summed E-state index contributed by atoms with van der Waals surface area (Å²) in [5, 5.41) is 16.5. The van der Waals surface area contributed by atoms with E-state index in [0.29, 0.717) is 23.5 Å². The summed E-state index contributed by atoms with van der Waals surface area (Å²) in [7, 11) is 0. The van der Waals surface area contributed by atoms with Gasteiger partial charge < -0.3 is 10.4 Å². The van der Waals surface area contributed by atoms with Crippen molar-refractivity contribution < 1.29 is 18.7 Å². The summed E-state index contributed by atoms with van der Waals surface area (Å²) >= 11 is 0. The highest BCUT2D eigenvalue weighted by Gasteiger charge is 2.38. The predicted octanol–water partition coefficient (Wildman–Crippen LogP) is 0.313. The van der Waals surface area contributed by atoms with Crippen LogP contribution in [0.15, 0.2) is 23.9 Å². The Morgan fingerprint density at radius 2 is 2.21 bits per heavy atom. The molecular weight excluding hydrogens is 320 g/mol. The molecule has 0 spiro atoms. The number of aliphatic hydroxyl groups is 1. The van der Waals surface area contributed by atoms with Crippen LogP contribution in [0.4, 0.5) is 8.78 Å². The first-order valence-electron chi connectivity index (χ1n) is 7.62. The van der Waals surface area contributed by atoms with Crippen molar-refractivity contribution in [1.29, 1.82) is 0 Å². The maximum Gasteiger partial charge on any atom is 0.312 e. The monoisotopic (exact) mass is 339 g/mol. The van der Waals surface area contributed by atoms with Gasteiger partial charge >= 0.3 is 5.92 Å². The molecule has 0 aliphatic carbocycles. The van der Waals surface area contributed by atoms with Gasteiger partial charge in [-0.25, -0.2) is 10.4 Å². The standard InChI is InChI=1S/C15H19F2N5O2/c1-8(2)11-12(21-14-19-7-20-22(14)13(11)24)9-3-4-10(18-5-9)15(16,17)6-23/h3-5,8,14,19-21,23H,6-7H2,1-2H3. The van der Waals surface area contributed by atoms with Gasteiger partial charge in [0.25, 0.3) is 5.91 Å². The van der Waals surface area contributed by atoms with Crippen molar-refractivity contribution >= 4 is 11.6 Å².